The fraction of sp³-hybridized carbons (Fsp3) is 0.533. The number of nitrogens with one attached hydrogen (secondary N) is 1. The molecule has 1 aliphatic rings. The molecule has 1 aliphatic carbocycles. The van der Waals surface area contributed by atoms with Crippen LogP contribution in [0.5, 0.6) is 0 Å². The summed E-state index contributed by atoms with van der Waals surface area (Å²) < 4.78 is 0.960. The summed E-state index contributed by atoms with van der Waals surface area (Å²) in [7, 11) is 0. The largest absolute Gasteiger partial charge is 0.346 e. The molecule has 0 spiro atoms. The second-order valence-electron chi connectivity index (χ2n) is 5.70. The van der Waals surface area contributed by atoms with Crippen LogP contribution in [-0.2, 0) is 0 Å². The van der Waals surface area contributed by atoms with Crippen LogP contribution in [0.1, 0.15) is 43.0 Å². The molecule has 1 fully saturated rings. The molecule has 1 aromatic rings. The Hall–Kier alpha value is 0.190. The zero-order valence-electron chi connectivity index (χ0n) is 11.4. The molecule has 1 N–H and O–H groups in total. The van der Waals surface area contributed by atoms with Crippen LogP contribution in [0.25, 0.3) is 0 Å². The number of carbonyl (C=O) groups is 1. The maximum absolute atomic E-state index is 12.5. The molecule has 2 unspecified atom stereocenters. The predicted molar refractivity (Wildman–Crippen MR) is 95.8 cm³/mol. The Labute approximate surface area is 147 Å². The van der Waals surface area contributed by atoms with E-state index in [9.17, 15) is 4.79 Å². The van der Waals surface area contributed by atoms with E-state index in [1.54, 1.807) is 6.07 Å². The number of rotatable bonds is 3. The third-order valence-corrected chi connectivity index (χ3v) is 6.55. The minimum atomic E-state index is -0.121. The van der Waals surface area contributed by atoms with Crippen molar-refractivity contribution in [1.29, 1.82) is 0 Å². The molecule has 20 heavy (non-hydrogen) atoms. The van der Waals surface area contributed by atoms with Gasteiger partial charge in [0.15, 0.2) is 0 Å². The number of carbonyl (C=O) groups excluding carboxylic acids is 1. The molecule has 2 atom stereocenters. The van der Waals surface area contributed by atoms with Gasteiger partial charge in [-0.15, -0.1) is 0 Å². The molecule has 0 aliphatic heterocycles. The van der Waals surface area contributed by atoms with E-state index in [2.05, 4.69) is 50.8 Å². The van der Waals surface area contributed by atoms with E-state index in [1.807, 2.05) is 12.1 Å². The molecular formula is C15H18BrClINO. The first-order chi connectivity index (χ1) is 9.46. The zero-order chi connectivity index (χ0) is 14.8. The highest BCUT2D eigenvalue weighted by atomic mass is 127. The quantitative estimate of drug-likeness (QED) is 0.488. The predicted octanol–water partition coefficient (Wildman–Crippen LogP) is 5.02. The highest BCUT2D eigenvalue weighted by molar-refractivity contribution is 14.1. The Morgan fingerprint density at radius 3 is 2.95 bits per heavy atom. The van der Waals surface area contributed by atoms with Gasteiger partial charge < -0.3 is 5.32 Å². The van der Waals surface area contributed by atoms with Crippen molar-refractivity contribution in [2.45, 2.75) is 38.1 Å². The summed E-state index contributed by atoms with van der Waals surface area (Å²) in [6, 6.07) is 5.45. The molecule has 0 aromatic heterocycles. The Morgan fingerprint density at radius 2 is 2.35 bits per heavy atom. The maximum Gasteiger partial charge on any atom is 0.251 e. The number of hydrogen-bond acceptors (Lipinski definition) is 1. The Morgan fingerprint density at radius 1 is 1.60 bits per heavy atom. The second-order valence-corrected chi connectivity index (χ2v) is 7.83. The second kappa shape index (κ2) is 6.97. The number of alkyl halides is 1. The Kier molecular flexibility index (Phi) is 5.77. The molecule has 0 saturated heterocycles. The summed E-state index contributed by atoms with van der Waals surface area (Å²) in [6.07, 6.45) is 4.48. The average Bonchev–Trinajstić information content (AvgIpc) is 2.41. The monoisotopic (exact) mass is 469 g/mol. The van der Waals surface area contributed by atoms with E-state index in [4.69, 9.17) is 11.6 Å². The molecule has 1 aromatic carbocycles. The lowest BCUT2D eigenvalue weighted by Crippen LogP contribution is -2.52. The van der Waals surface area contributed by atoms with Gasteiger partial charge in [-0.3, -0.25) is 4.79 Å². The molecule has 1 amide bonds. The van der Waals surface area contributed by atoms with Gasteiger partial charge in [0.1, 0.15) is 0 Å². The van der Waals surface area contributed by atoms with Crippen LogP contribution >= 0.6 is 50.1 Å². The van der Waals surface area contributed by atoms with Gasteiger partial charge in [-0.05, 0) is 59.5 Å². The molecule has 5 heteroatoms. The zero-order valence-corrected chi connectivity index (χ0v) is 15.9. The number of hydrogen-bond donors (Lipinski definition) is 1. The fourth-order valence-corrected chi connectivity index (χ4v) is 4.04. The van der Waals surface area contributed by atoms with Crippen molar-refractivity contribution in [3.63, 3.8) is 0 Å². The Bertz CT molecular complexity index is 511. The van der Waals surface area contributed by atoms with Gasteiger partial charge in [0.2, 0.25) is 0 Å². The van der Waals surface area contributed by atoms with Crippen LogP contribution in [0.15, 0.2) is 18.2 Å². The normalized spacial score (nSPS) is 26.3. The van der Waals surface area contributed by atoms with Crippen molar-refractivity contribution in [3.8, 4) is 0 Å². The number of amides is 1. The third kappa shape index (κ3) is 3.89. The van der Waals surface area contributed by atoms with Crippen molar-refractivity contribution in [2.24, 2.45) is 5.92 Å². The van der Waals surface area contributed by atoms with E-state index in [1.165, 1.54) is 12.8 Å². The van der Waals surface area contributed by atoms with Crippen LogP contribution in [-0.4, -0.2) is 16.8 Å². The molecule has 110 valence electrons. The highest BCUT2D eigenvalue weighted by Crippen LogP contribution is 2.34. The highest BCUT2D eigenvalue weighted by Gasteiger charge is 2.35. The van der Waals surface area contributed by atoms with Crippen molar-refractivity contribution < 1.29 is 4.79 Å². The van der Waals surface area contributed by atoms with Crippen molar-refractivity contribution in [1.82, 2.24) is 5.32 Å². The topological polar surface area (TPSA) is 29.1 Å². The molecule has 2 rings (SSSR count). The van der Waals surface area contributed by atoms with Crippen LogP contribution in [0, 0.1) is 9.49 Å². The summed E-state index contributed by atoms with van der Waals surface area (Å²) in [5.41, 5.74) is 0.512. The maximum atomic E-state index is 12.5. The van der Waals surface area contributed by atoms with Crippen LogP contribution in [0.4, 0.5) is 0 Å². The van der Waals surface area contributed by atoms with Gasteiger partial charge in [0, 0.05) is 14.5 Å². The minimum absolute atomic E-state index is 0.0307. The van der Waals surface area contributed by atoms with Gasteiger partial charge in [-0.25, -0.2) is 0 Å². The fourth-order valence-electron chi connectivity index (χ4n) is 2.88. The summed E-state index contributed by atoms with van der Waals surface area (Å²) in [4.78, 5) is 12.5. The molecular weight excluding hydrogens is 452 g/mol. The van der Waals surface area contributed by atoms with E-state index in [0.29, 0.717) is 16.5 Å². The first-order valence-electron chi connectivity index (χ1n) is 6.79. The van der Waals surface area contributed by atoms with Gasteiger partial charge in [0.25, 0.3) is 5.91 Å². The molecule has 2 nitrogen and oxygen atoms in total. The third-order valence-electron chi connectivity index (χ3n) is 3.91. The van der Waals surface area contributed by atoms with Crippen LogP contribution < -0.4 is 5.32 Å². The van der Waals surface area contributed by atoms with Crippen LogP contribution in [0.2, 0.25) is 5.02 Å². The number of halogens is 3. The number of benzene rings is 1. The first kappa shape index (κ1) is 16.6. The van der Waals surface area contributed by atoms with Crippen LogP contribution in [0.3, 0.4) is 0 Å². The minimum Gasteiger partial charge on any atom is -0.346 e. The van der Waals surface area contributed by atoms with E-state index in [-0.39, 0.29) is 11.4 Å². The van der Waals surface area contributed by atoms with E-state index < -0.39 is 0 Å². The molecule has 1 saturated carbocycles. The SMILES string of the molecule is CC1CCCC(CBr)(NC(=O)c2ccc(I)c(Cl)c2)C1. The van der Waals surface area contributed by atoms with Gasteiger partial charge in [0.05, 0.1) is 10.6 Å². The van der Waals surface area contributed by atoms with Gasteiger partial charge >= 0.3 is 0 Å². The average molecular weight is 471 g/mol. The smallest absolute Gasteiger partial charge is 0.251 e. The molecule has 0 radical (unpaired) electrons. The summed E-state index contributed by atoms with van der Waals surface area (Å²) in [5, 5.41) is 4.66. The van der Waals surface area contributed by atoms with Crippen molar-refractivity contribution in [2.75, 3.05) is 5.33 Å². The lowest BCUT2D eigenvalue weighted by atomic mass is 9.77. The first-order valence-corrected chi connectivity index (χ1v) is 9.37. The van der Waals surface area contributed by atoms with Crippen molar-refractivity contribution >= 4 is 56.0 Å². The summed E-state index contributed by atoms with van der Waals surface area (Å²) in [6.45, 7) is 2.25. The van der Waals surface area contributed by atoms with Gasteiger partial charge in [-0.1, -0.05) is 47.3 Å². The van der Waals surface area contributed by atoms with E-state index in [0.717, 1.165) is 21.7 Å². The van der Waals surface area contributed by atoms with E-state index >= 15 is 0 Å². The molecule has 0 bridgehead atoms. The van der Waals surface area contributed by atoms with Crippen molar-refractivity contribution in [3.05, 3.63) is 32.4 Å². The summed E-state index contributed by atoms with van der Waals surface area (Å²) in [5.74, 6) is 0.624. The van der Waals surface area contributed by atoms with Gasteiger partial charge in [-0.2, -0.15) is 0 Å². The molecule has 0 heterocycles. The lowest BCUT2D eigenvalue weighted by molar-refractivity contribution is 0.0869. The standard InChI is InChI=1S/C15H18BrClINO/c1-10-3-2-6-15(8-10,9-16)19-14(20)11-4-5-13(18)12(17)7-11/h4-5,7,10H,2-3,6,8-9H2,1H3,(H,19,20). The summed E-state index contributed by atoms with van der Waals surface area (Å²) >= 11 is 11.8. The lowest BCUT2D eigenvalue weighted by Gasteiger charge is -2.39. The Balaban J connectivity index is 2.14.